The Hall–Kier alpha value is -2.18. The van der Waals surface area contributed by atoms with Crippen LogP contribution in [0.15, 0.2) is 48.6 Å². The SMILES string of the molecule is C=CN(C)C1=C(C(=O)N(C)CCC)N(Cc2ccc(Cl)cc2)C(OCCCCCC)N1. The summed E-state index contributed by atoms with van der Waals surface area (Å²) in [6.07, 6.45) is 6.67. The molecule has 0 saturated heterocycles. The summed E-state index contributed by atoms with van der Waals surface area (Å²) in [5.41, 5.74) is 1.64. The number of nitrogens with one attached hydrogen (secondary N) is 1. The average molecular weight is 449 g/mol. The number of amides is 1. The van der Waals surface area contributed by atoms with Crippen LogP contribution in [-0.4, -0.2) is 54.2 Å². The van der Waals surface area contributed by atoms with Crippen molar-refractivity contribution < 1.29 is 9.53 Å². The molecule has 6 nitrogen and oxygen atoms in total. The predicted molar refractivity (Wildman–Crippen MR) is 127 cm³/mol. The molecular weight excluding hydrogens is 412 g/mol. The maximum atomic E-state index is 13.4. The summed E-state index contributed by atoms with van der Waals surface area (Å²) in [4.78, 5) is 19.0. The first kappa shape index (κ1) is 25.1. The van der Waals surface area contributed by atoms with E-state index in [1.807, 2.05) is 48.2 Å². The fourth-order valence-corrected chi connectivity index (χ4v) is 3.65. The van der Waals surface area contributed by atoms with Crippen LogP contribution in [0.3, 0.4) is 0 Å². The number of unbranched alkanes of at least 4 members (excludes halogenated alkanes) is 3. The number of likely N-dealkylation sites (N-methyl/N-ethyl adjacent to an activating group) is 1. The lowest BCUT2D eigenvalue weighted by Gasteiger charge is -2.30. The van der Waals surface area contributed by atoms with E-state index in [9.17, 15) is 4.79 Å². The summed E-state index contributed by atoms with van der Waals surface area (Å²) >= 11 is 6.07. The van der Waals surface area contributed by atoms with E-state index in [2.05, 4.69) is 25.7 Å². The van der Waals surface area contributed by atoms with Gasteiger partial charge in [-0.15, -0.1) is 0 Å². The molecule has 0 aromatic heterocycles. The van der Waals surface area contributed by atoms with E-state index in [4.69, 9.17) is 16.3 Å². The van der Waals surface area contributed by atoms with Gasteiger partial charge in [-0.3, -0.25) is 4.79 Å². The largest absolute Gasteiger partial charge is 0.340 e. The van der Waals surface area contributed by atoms with Crippen LogP contribution in [0.25, 0.3) is 0 Å². The van der Waals surface area contributed by atoms with Crippen molar-refractivity contribution in [3.05, 3.63) is 59.1 Å². The zero-order valence-corrected chi connectivity index (χ0v) is 20.1. The molecule has 1 aliphatic heterocycles. The van der Waals surface area contributed by atoms with Crippen LogP contribution in [-0.2, 0) is 16.1 Å². The lowest BCUT2D eigenvalue weighted by molar-refractivity contribution is -0.130. The van der Waals surface area contributed by atoms with Gasteiger partial charge in [-0.2, -0.15) is 0 Å². The van der Waals surface area contributed by atoms with Gasteiger partial charge in [-0.1, -0.05) is 63.4 Å². The number of carbonyl (C=O) groups excluding carboxylic acids is 1. The molecule has 1 aliphatic rings. The fraction of sp³-hybridized carbons (Fsp3) is 0.542. The molecule has 0 radical (unpaired) electrons. The van der Waals surface area contributed by atoms with Crippen LogP contribution in [0.1, 0.15) is 51.5 Å². The van der Waals surface area contributed by atoms with Crippen molar-refractivity contribution >= 4 is 17.5 Å². The van der Waals surface area contributed by atoms with E-state index in [1.165, 1.54) is 12.8 Å². The third-order valence-corrected chi connectivity index (χ3v) is 5.58. The molecule has 7 heteroatoms. The molecule has 1 heterocycles. The maximum Gasteiger partial charge on any atom is 0.273 e. The van der Waals surface area contributed by atoms with Crippen LogP contribution in [0.5, 0.6) is 0 Å². The van der Waals surface area contributed by atoms with Crippen molar-refractivity contribution in [1.29, 1.82) is 0 Å². The summed E-state index contributed by atoms with van der Waals surface area (Å²) in [6, 6.07) is 7.69. The first-order chi connectivity index (χ1) is 14.9. The maximum absolute atomic E-state index is 13.4. The Morgan fingerprint density at radius 3 is 2.52 bits per heavy atom. The molecule has 172 valence electrons. The van der Waals surface area contributed by atoms with Gasteiger partial charge in [0.2, 0.25) is 6.35 Å². The Balaban J connectivity index is 2.32. The Morgan fingerprint density at radius 1 is 1.19 bits per heavy atom. The van der Waals surface area contributed by atoms with Crippen molar-refractivity contribution in [3.63, 3.8) is 0 Å². The molecule has 0 bridgehead atoms. The van der Waals surface area contributed by atoms with Gasteiger partial charge < -0.3 is 24.8 Å². The highest BCUT2D eigenvalue weighted by molar-refractivity contribution is 6.30. The molecule has 0 saturated carbocycles. The number of nitrogens with zero attached hydrogens (tertiary/aromatic N) is 3. The quantitative estimate of drug-likeness (QED) is 0.442. The smallest absolute Gasteiger partial charge is 0.273 e. The van der Waals surface area contributed by atoms with Crippen LogP contribution in [0.2, 0.25) is 5.02 Å². The van der Waals surface area contributed by atoms with Gasteiger partial charge >= 0.3 is 0 Å². The number of ether oxygens (including phenoxy) is 1. The van der Waals surface area contributed by atoms with Crippen molar-refractivity contribution in [2.75, 3.05) is 27.2 Å². The van der Waals surface area contributed by atoms with Gasteiger partial charge in [0.25, 0.3) is 5.91 Å². The minimum Gasteiger partial charge on any atom is -0.340 e. The molecule has 0 fully saturated rings. The molecule has 1 atom stereocenters. The Kier molecular flexibility index (Phi) is 10.2. The van der Waals surface area contributed by atoms with Crippen molar-refractivity contribution in [2.24, 2.45) is 0 Å². The van der Waals surface area contributed by atoms with Gasteiger partial charge in [-0.25, -0.2) is 0 Å². The molecule has 1 N–H and O–H groups in total. The zero-order valence-electron chi connectivity index (χ0n) is 19.4. The summed E-state index contributed by atoms with van der Waals surface area (Å²) < 4.78 is 6.22. The summed E-state index contributed by atoms with van der Waals surface area (Å²) in [6.45, 7) is 9.97. The van der Waals surface area contributed by atoms with E-state index in [0.29, 0.717) is 36.2 Å². The van der Waals surface area contributed by atoms with Crippen molar-refractivity contribution in [2.45, 2.75) is 58.8 Å². The number of rotatable bonds is 13. The standard InChI is InChI=1S/C24H37ClN4O2/c1-6-9-10-11-17-31-24-26-22(27(4)8-3)21(23(30)28(5)16-7-2)29(24)18-19-12-14-20(25)15-13-19/h8,12-15,24,26H,3,6-7,9-11,16-18H2,1-2,4-5H3. The van der Waals surface area contributed by atoms with E-state index >= 15 is 0 Å². The second kappa shape index (κ2) is 12.6. The van der Waals surface area contributed by atoms with Crippen LogP contribution >= 0.6 is 11.6 Å². The lowest BCUT2D eigenvalue weighted by atomic mass is 10.2. The number of hydrogen-bond donors (Lipinski definition) is 1. The first-order valence-corrected chi connectivity index (χ1v) is 11.5. The highest BCUT2D eigenvalue weighted by Gasteiger charge is 2.38. The van der Waals surface area contributed by atoms with E-state index in [-0.39, 0.29) is 5.91 Å². The van der Waals surface area contributed by atoms with E-state index < -0.39 is 6.35 Å². The van der Waals surface area contributed by atoms with Gasteiger partial charge in [0.05, 0.1) is 6.61 Å². The molecule has 0 aliphatic carbocycles. The summed E-state index contributed by atoms with van der Waals surface area (Å²) in [7, 11) is 3.72. The molecule has 2 rings (SSSR count). The fourth-order valence-electron chi connectivity index (χ4n) is 3.52. The summed E-state index contributed by atoms with van der Waals surface area (Å²) in [5.74, 6) is 0.666. The van der Waals surface area contributed by atoms with E-state index in [1.54, 1.807) is 11.1 Å². The number of halogens is 1. The van der Waals surface area contributed by atoms with Gasteiger partial charge in [0.1, 0.15) is 11.5 Å². The molecule has 1 aromatic carbocycles. The second-order valence-electron chi connectivity index (χ2n) is 7.90. The summed E-state index contributed by atoms with van der Waals surface area (Å²) in [5, 5.41) is 4.10. The van der Waals surface area contributed by atoms with Crippen LogP contribution < -0.4 is 5.32 Å². The molecule has 31 heavy (non-hydrogen) atoms. The monoisotopic (exact) mass is 448 g/mol. The minimum absolute atomic E-state index is 0.0379. The van der Waals surface area contributed by atoms with Crippen molar-refractivity contribution in [1.82, 2.24) is 20.0 Å². The average Bonchev–Trinajstić information content (AvgIpc) is 3.12. The van der Waals surface area contributed by atoms with Crippen LogP contribution in [0, 0.1) is 0 Å². The first-order valence-electron chi connectivity index (χ1n) is 11.2. The number of carbonyl (C=O) groups is 1. The molecule has 1 amide bonds. The Bertz CT molecular complexity index is 750. The molecule has 1 aromatic rings. The van der Waals surface area contributed by atoms with Crippen LogP contribution in [0.4, 0.5) is 0 Å². The normalized spacial score (nSPS) is 15.8. The third-order valence-electron chi connectivity index (χ3n) is 5.33. The number of hydrogen-bond acceptors (Lipinski definition) is 5. The highest BCUT2D eigenvalue weighted by Crippen LogP contribution is 2.27. The third kappa shape index (κ3) is 6.91. The van der Waals surface area contributed by atoms with Gasteiger partial charge in [-0.05, 0) is 36.7 Å². The Morgan fingerprint density at radius 2 is 1.90 bits per heavy atom. The lowest BCUT2D eigenvalue weighted by Crippen LogP contribution is -2.42. The molecule has 1 unspecified atom stereocenters. The molecular formula is C24H37ClN4O2. The zero-order chi connectivity index (χ0) is 22.8. The minimum atomic E-state index is -0.427. The second-order valence-corrected chi connectivity index (χ2v) is 8.34. The van der Waals surface area contributed by atoms with Gasteiger partial charge in [0.15, 0.2) is 0 Å². The van der Waals surface area contributed by atoms with Gasteiger partial charge in [0, 0.05) is 32.2 Å². The highest BCUT2D eigenvalue weighted by atomic mass is 35.5. The predicted octanol–water partition coefficient (Wildman–Crippen LogP) is 4.74. The van der Waals surface area contributed by atoms with E-state index in [0.717, 1.165) is 24.8 Å². The topological polar surface area (TPSA) is 48.1 Å². The van der Waals surface area contributed by atoms with Crippen molar-refractivity contribution in [3.8, 4) is 0 Å². The number of benzene rings is 1. The Labute approximate surface area is 192 Å². The molecule has 0 spiro atoms.